The van der Waals surface area contributed by atoms with E-state index >= 15 is 0 Å². The van der Waals surface area contributed by atoms with Crippen molar-refractivity contribution in [1.29, 1.82) is 0 Å². The first-order valence-electron chi connectivity index (χ1n) is 8.91. The number of ether oxygens (including phenoxy) is 1. The van der Waals surface area contributed by atoms with Gasteiger partial charge in [0.15, 0.2) is 0 Å². The summed E-state index contributed by atoms with van der Waals surface area (Å²) in [6, 6.07) is 4.70. The van der Waals surface area contributed by atoms with Crippen molar-refractivity contribution in [3.8, 4) is 0 Å². The summed E-state index contributed by atoms with van der Waals surface area (Å²) in [4.78, 5) is 35.0. The summed E-state index contributed by atoms with van der Waals surface area (Å²) < 4.78 is 27.7. The molecule has 156 valence electrons. The van der Waals surface area contributed by atoms with Crippen molar-refractivity contribution < 1.29 is 37.8 Å². The van der Waals surface area contributed by atoms with Gasteiger partial charge >= 0.3 is 19.5 Å². The molecule has 0 aliphatic heterocycles. The molecule has 1 rings (SSSR count). The first-order chi connectivity index (χ1) is 13.2. The third-order valence-electron chi connectivity index (χ3n) is 3.52. The standard InChI is InChI=1S/C18H26NO8P/c1-4-25-16(20)11-15(18(22)23)19-17(21)14-9-7-13(8-10-14)12-28(24,26-5-2)27-6-3/h7-10,15H,4-6,11-12H2,1-3H3,(H,19,21)(H,22,23)/t15-/m1/s1. The molecule has 0 radical (unpaired) electrons. The van der Waals surface area contributed by atoms with Crippen LogP contribution in [-0.4, -0.2) is 48.8 Å². The Morgan fingerprint density at radius 2 is 1.61 bits per heavy atom. The Balaban J connectivity index is 2.80. The molecule has 0 saturated heterocycles. The van der Waals surface area contributed by atoms with E-state index in [-0.39, 0.29) is 31.5 Å². The van der Waals surface area contributed by atoms with E-state index in [1.165, 1.54) is 12.1 Å². The molecule has 0 heterocycles. The zero-order chi connectivity index (χ0) is 21.2. The molecule has 0 aliphatic carbocycles. The van der Waals surface area contributed by atoms with Crippen LogP contribution in [0.25, 0.3) is 0 Å². The molecule has 0 spiro atoms. The van der Waals surface area contributed by atoms with E-state index in [1.807, 2.05) is 0 Å². The number of carboxylic acid groups (broad SMARTS) is 1. The predicted molar refractivity (Wildman–Crippen MR) is 101 cm³/mol. The molecular weight excluding hydrogens is 389 g/mol. The van der Waals surface area contributed by atoms with Crippen LogP contribution in [0.4, 0.5) is 0 Å². The molecule has 0 bridgehead atoms. The molecule has 0 aliphatic rings. The molecule has 0 unspecified atom stereocenters. The number of nitrogens with one attached hydrogen (secondary N) is 1. The van der Waals surface area contributed by atoms with Gasteiger partial charge in [-0.15, -0.1) is 0 Å². The molecule has 1 aromatic carbocycles. The molecule has 1 amide bonds. The van der Waals surface area contributed by atoms with E-state index in [0.717, 1.165) is 0 Å². The summed E-state index contributed by atoms with van der Waals surface area (Å²) in [6.07, 6.45) is -0.421. The minimum absolute atomic E-state index is 0.0528. The Morgan fingerprint density at radius 3 is 2.07 bits per heavy atom. The summed E-state index contributed by atoms with van der Waals surface area (Å²) >= 11 is 0. The maximum atomic E-state index is 12.5. The fourth-order valence-electron chi connectivity index (χ4n) is 2.34. The lowest BCUT2D eigenvalue weighted by Gasteiger charge is -2.17. The van der Waals surface area contributed by atoms with Crippen LogP contribution in [0.1, 0.15) is 43.1 Å². The Bertz CT molecular complexity index is 709. The highest BCUT2D eigenvalue weighted by atomic mass is 31.2. The average molecular weight is 415 g/mol. The summed E-state index contributed by atoms with van der Waals surface area (Å²) in [5.74, 6) is -2.71. The second-order valence-corrected chi connectivity index (χ2v) is 7.73. The maximum absolute atomic E-state index is 12.5. The Morgan fingerprint density at radius 1 is 1.04 bits per heavy atom. The van der Waals surface area contributed by atoms with E-state index < -0.39 is 37.9 Å². The minimum atomic E-state index is -3.27. The van der Waals surface area contributed by atoms with Gasteiger partial charge in [-0.25, -0.2) is 4.79 Å². The first kappa shape index (κ1) is 23.8. The summed E-state index contributed by atoms with van der Waals surface area (Å²) in [6.45, 7) is 5.64. The van der Waals surface area contributed by atoms with Gasteiger partial charge in [-0.05, 0) is 38.5 Å². The van der Waals surface area contributed by atoms with E-state index in [9.17, 15) is 24.1 Å². The van der Waals surface area contributed by atoms with Gasteiger partial charge in [0, 0.05) is 5.56 Å². The lowest BCUT2D eigenvalue weighted by molar-refractivity contribution is -0.149. The zero-order valence-electron chi connectivity index (χ0n) is 16.2. The van der Waals surface area contributed by atoms with Crippen LogP contribution in [0.15, 0.2) is 24.3 Å². The summed E-state index contributed by atoms with van der Waals surface area (Å²) in [5, 5.41) is 11.5. The number of rotatable bonds is 12. The van der Waals surface area contributed by atoms with Crippen molar-refractivity contribution in [2.75, 3.05) is 19.8 Å². The molecule has 9 nitrogen and oxygen atoms in total. The fraction of sp³-hybridized carbons (Fsp3) is 0.500. The highest BCUT2D eigenvalue weighted by molar-refractivity contribution is 7.53. The molecule has 1 atom stereocenters. The Hall–Kier alpha value is -2.22. The number of benzene rings is 1. The molecule has 10 heteroatoms. The highest BCUT2D eigenvalue weighted by Gasteiger charge is 2.26. The van der Waals surface area contributed by atoms with Crippen LogP contribution in [0.5, 0.6) is 0 Å². The highest BCUT2D eigenvalue weighted by Crippen LogP contribution is 2.51. The van der Waals surface area contributed by atoms with Gasteiger partial charge in [-0.3, -0.25) is 14.2 Å². The zero-order valence-corrected chi connectivity index (χ0v) is 17.1. The fourth-order valence-corrected chi connectivity index (χ4v) is 4.04. The SMILES string of the molecule is CCOC(=O)C[C@@H](NC(=O)c1ccc(CP(=O)(OCC)OCC)cc1)C(=O)O. The van der Waals surface area contributed by atoms with Crippen LogP contribution < -0.4 is 5.32 Å². The van der Waals surface area contributed by atoms with Crippen molar-refractivity contribution in [2.24, 2.45) is 0 Å². The van der Waals surface area contributed by atoms with Gasteiger partial charge in [-0.1, -0.05) is 12.1 Å². The van der Waals surface area contributed by atoms with Crippen LogP contribution >= 0.6 is 7.60 Å². The normalized spacial score (nSPS) is 12.2. The number of hydrogen-bond acceptors (Lipinski definition) is 7. The quantitative estimate of drug-likeness (QED) is 0.394. The third kappa shape index (κ3) is 7.80. The number of carboxylic acids is 1. The molecule has 0 fully saturated rings. The molecule has 2 N–H and O–H groups in total. The smallest absolute Gasteiger partial charge is 0.335 e. The van der Waals surface area contributed by atoms with Crippen LogP contribution in [0.2, 0.25) is 0 Å². The van der Waals surface area contributed by atoms with E-state index in [2.05, 4.69) is 5.32 Å². The summed E-state index contributed by atoms with van der Waals surface area (Å²) in [7, 11) is -3.27. The summed E-state index contributed by atoms with van der Waals surface area (Å²) in [5.41, 5.74) is 0.838. The van der Waals surface area contributed by atoms with Crippen LogP contribution in [-0.2, 0) is 34.1 Å². The number of carbonyl (C=O) groups excluding carboxylic acids is 2. The van der Waals surface area contributed by atoms with E-state index in [1.54, 1.807) is 32.9 Å². The van der Waals surface area contributed by atoms with E-state index in [0.29, 0.717) is 5.56 Å². The lowest BCUT2D eigenvalue weighted by Crippen LogP contribution is -2.42. The van der Waals surface area contributed by atoms with E-state index in [4.69, 9.17) is 13.8 Å². The molecular formula is C18H26NO8P. The van der Waals surface area contributed by atoms with Crippen molar-refractivity contribution >= 4 is 25.4 Å². The third-order valence-corrected chi connectivity index (χ3v) is 5.58. The molecule has 0 saturated carbocycles. The predicted octanol–water partition coefficient (Wildman–Crippen LogP) is 2.59. The average Bonchev–Trinajstić information content (AvgIpc) is 2.62. The van der Waals surface area contributed by atoms with Gasteiger partial charge in [0.25, 0.3) is 5.91 Å². The van der Waals surface area contributed by atoms with Crippen molar-refractivity contribution in [3.63, 3.8) is 0 Å². The van der Waals surface area contributed by atoms with Crippen molar-refractivity contribution in [3.05, 3.63) is 35.4 Å². The van der Waals surface area contributed by atoms with Gasteiger partial charge in [0.05, 0.1) is 32.4 Å². The topological polar surface area (TPSA) is 128 Å². The minimum Gasteiger partial charge on any atom is -0.480 e. The van der Waals surface area contributed by atoms with Gasteiger partial charge in [0.2, 0.25) is 0 Å². The van der Waals surface area contributed by atoms with Crippen LogP contribution in [0, 0.1) is 0 Å². The monoisotopic (exact) mass is 415 g/mol. The Labute approximate surface area is 163 Å². The molecule has 0 aromatic heterocycles. The number of aliphatic carboxylic acids is 1. The largest absolute Gasteiger partial charge is 0.480 e. The molecule has 28 heavy (non-hydrogen) atoms. The lowest BCUT2D eigenvalue weighted by atomic mass is 10.1. The maximum Gasteiger partial charge on any atom is 0.335 e. The molecule has 1 aromatic rings. The van der Waals surface area contributed by atoms with Crippen molar-refractivity contribution in [1.82, 2.24) is 5.32 Å². The number of amides is 1. The van der Waals surface area contributed by atoms with Gasteiger partial charge < -0.3 is 24.2 Å². The van der Waals surface area contributed by atoms with Gasteiger partial charge in [-0.2, -0.15) is 0 Å². The van der Waals surface area contributed by atoms with Gasteiger partial charge in [0.1, 0.15) is 6.04 Å². The van der Waals surface area contributed by atoms with Crippen LogP contribution in [0.3, 0.4) is 0 Å². The van der Waals surface area contributed by atoms with Crippen molar-refractivity contribution in [2.45, 2.75) is 39.4 Å². The second kappa shape index (κ2) is 11.6. The number of carbonyl (C=O) groups is 3. The number of esters is 1. The number of hydrogen-bond donors (Lipinski definition) is 2. The Kier molecular flexibility index (Phi) is 9.85. The second-order valence-electron chi connectivity index (χ2n) is 5.67. The first-order valence-corrected chi connectivity index (χ1v) is 10.6.